The molecule has 1 amide bonds. The van der Waals surface area contributed by atoms with Gasteiger partial charge in [-0.15, -0.1) is 0 Å². The molecule has 0 saturated heterocycles. The number of carbonyl (C=O) groups excluding carboxylic acids is 1. The Labute approximate surface area is 118 Å². The van der Waals surface area contributed by atoms with Gasteiger partial charge in [0.1, 0.15) is 5.82 Å². The Kier molecular flexibility index (Phi) is 4.09. The number of aryl methyl sites for hydroxylation is 1. The fourth-order valence-electron chi connectivity index (χ4n) is 2.21. The molecule has 0 aliphatic carbocycles. The number of aliphatic hydroxyl groups is 1. The Hall–Kier alpha value is -1.88. The van der Waals surface area contributed by atoms with Crippen molar-refractivity contribution in [2.45, 2.75) is 32.3 Å². The van der Waals surface area contributed by atoms with Crippen LogP contribution in [-0.2, 0) is 11.2 Å². The van der Waals surface area contributed by atoms with Gasteiger partial charge in [-0.2, -0.15) is 0 Å². The van der Waals surface area contributed by atoms with Crippen LogP contribution in [-0.4, -0.2) is 45.1 Å². The van der Waals surface area contributed by atoms with Crippen LogP contribution in [0.1, 0.15) is 26.1 Å². The van der Waals surface area contributed by atoms with Crippen molar-refractivity contribution in [3.05, 3.63) is 30.1 Å². The lowest BCUT2D eigenvalue weighted by Crippen LogP contribution is -2.39. The van der Waals surface area contributed by atoms with E-state index >= 15 is 0 Å². The molecule has 1 aromatic carbocycles. The van der Waals surface area contributed by atoms with Gasteiger partial charge in [0.15, 0.2) is 0 Å². The highest BCUT2D eigenvalue weighted by Gasteiger charge is 2.19. The van der Waals surface area contributed by atoms with Crippen molar-refractivity contribution in [2.75, 3.05) is 13.6 Å². The van der Waals surface area contributed by atoms with Crippen LogP contribution in [0, 0.1) is 0 Å². The molecule has 0 unspecified atom stereocenters. The number of amides is 1. The van der Waals surface area contributed by atoms with Crippen LogP contribution in [0.5, 0.6) is 0 Å². The molecule has 5 heteroatoms. The molecule has 108 valence electrons. The van der Waals surface area contributed by atoms with Gasteiger partial charge in [0.2, 0.25) is 5.91 Å². The second-order valence-electron chi connectivity index (χ2n) is 5.76. The van der Waals surface area contributed by atoms with E-state index in [0.717, 1.165) is 16.9 Å². The molecule has 0 spiro atoms. The van der Waals surface area contributed by atoms with E-state index in [1.807, 2.05) is 24.3 Å². The zero-order chi connectivity index (χ0) is 14.8. The van der Waals surface area contributed by atoms with Crippen LogP contribution >= 0.6 is 0 Å². The monoisotopic (exact) mass is 275 g/mol. The van der Waals surface area contributed by atoms with E-state index in [2.05, 4.69) is 9.97 Å². The third-order valence-electron chi connectivity index (χ3n) is 3.06. The Morgan fingerprint density at radius 2 is 2.10 bits per heavy atom. The van der Waals surface area contributed by atoms with Gasteiger partial charge in [0.25, 0.3) is 0 Å². The van der Waals surface area contributed by atoms with Crippen LogP contribution in [0.3, 0.4) is 0 Å². The Morgan fingerprint density at radius 1 is 1.40 bits per heavy atom. The minimum absolute atomic E-state index is 0.00702. The van der Waals surface area contributed by atoms with Crippen molar-refractivity contribution in [1.29, 1.82) is 0 Å². The van der Waals surface area contributed by atoms with Gasteiger partial charge in [0.05, 0.1) is 16.6 Å². The van der Waals surface area contributed by atoms with Gasteiger partial charge in [-0.05, 0) is 26.0 Å². The van der Waals surface area contributed by atoms with Crippen LogP contribution in [0.2, 0.25) is 0 Å². The first-order chi connectivity index (χ1) is 9.35. The van der Waals surface area contributed by atoms with Crippen molar-refractivity contribution in [1.82, 2.24) is 14.9 Å². The van der Waals surface area contributed by atoms with E-state index in [9.17, 15) is 9.90 Å². The van der Waals surface area contributed by atoms with E-state index in [-0.39, 0.29) is 5.91 Å². The largest absolute Gasteiger partial charge is 0.389 e. The minimum atomic E-state index is -0.871. The zero-order valence-corrected chi connectivity index (χ0v) is 12.2. The summed E-state index contributed by atoms with van der Waals surface area (Å²) in [6.07, 6.45) is 0.954. The third-order valence-corrected chi connectivity index (χ3v) is 3.06. The number of H-pyrrole nitrogens is 1. The van der Waals surface area contributed by atoms with E-state index < -0.39 is 5.60 Å². The second kappa shape index (κ2) is 5.63. The number of carbonyl (C=O) groups is 1. The van der Waals surface area contributed by atoms with Crippen molar-refractivity contribution in [3.63, 3.8) is 0 Å². The first-order valence-corrected chi connectivity index (χ1v) is 6.75. The predicted octanol–water partition coefficient (Wildman–Crippen LogP) is 1.72. The highest BCUT2D eigenvalue weighted by Crippen LogP contribution is 2.12. The highest BCUT2D eigenvalue weighted by molar-refractivity contribution is 5.77. The lowest BCUT2D eigenvalue weighted by Gasteiger charge is -2.25. The number of nitrogens with zero attached hydrogens (tertiary/aromatic N) is 2. The summed E-state index contributed by atoms with van der Waals surface area (Å²) in [7, 11) is 1.71. The van der Waals surface area contributed by atoms with Crippen molar-refractivity contribution >= 4 is 16.9 Å². The van der Waals surface area contributed by atoms with Gasteiger partial charge in [-0.3, -0.25) is 4.79 Å². The van der Waals surface area contributed by atoms with Gasteiger partial charge < -0.3 is 15.0 Å². The van der Waals surface area contributed by atoms with Crippen molar-refractivity contribution < 1.29 is 9.90 Å². The van der Waals surface area contributed by atoms with Crippen LogP contribution < -0.4 is 0 Å². The summed E-state index contributed by atoms with van der Waals surface area (Å²) in [5.74, 6) is 0.823. The number of hydrogen-bond acceptors (Lipinski definition) is 3. The SMILES string of the molecule is CN(CC(C)(C)O)C(=O)CCc1nc2ccccc2[nH]1. The highest BCUT2D eigenvalue weighted by atomic mass is 16.3. The quantitative estimate of drug-likeness (QED) is 0.873. The minimum Gasteiger partial charge on any atom is -0.389 e. The molecule has 0 bridgehead atoms. The summed E-state index contributed by atoms with van der Waals surface area (Å²) < 4.78 is 0. The smallest absolute Gasteiger partial charge is 0.222 e. The maximum absolute atomic E-state index is 12.0. The summed E-state index contributed by atoms with van der Waals surface area (Å²) in [4.78, 5) is 21.2. The Morgan fingerprint density at radius 3 is 2.75 bits per heavy atom. The number of rotatable bonds is 5. The fourth-order valence-corrected chi connectivity index (χ4v) is 2.21. The average Bonchev–Trinajstić information content (AvgIpc) is 2.76. The van der Waals surface area contributed by atoms with Gasteiger partial charge in [0, 0.05) is 26.4 Å². The van der Waals surface area contributed by atoms with Gasteiger partial charge in [-0.25, -0.2) is 4.98 Å². The molecule has 2 aromatic rings. The first-order valence-electron chi connectivity index (χ1n) is 6.75. The molecule has 2 rings (SSSR count). The molecule has 0 atom stereocenters. The molecule has 5 nitrogen and oxygen atoms in total. The number of para-hydroxylation sites is 2. The van der Waals surface area contributed by atoms with E-state index in [4.69, 9.17) is 0 Å². The molecular formula is C15H21N3O2. The summed E-state index contributed by atoms with van der Waals surface area (Å²) in [6.45, 7) is 3.71. The molecule has 1 heterocycles. The number of likely N-dealkylation sites (N-methyl/N-ethyl adjacent to an activating group) is 1. The van der Waals surface area contributed by atoms with Crippen LogP contribution in [0.15, 0.2) is 24.3 Å². The molecule has 20 heavy (non-hydrogen) atoms. The summed E-state index contributed by atoms with van der Waals surface area (Å²) in [5.41, 5.74) is 1.03. The average molecular weight is 275 g/mol. The molecule has 1 aromatic heterocycles. The summed E-state index contributed by atoms with van der Waals surface area (Å²) in [6, 6.07) is 7.80. The summed E-state index contributed by atoms with van der Waals surface area (Å²) >= 11 is 0. The number of imidazole rings is 1. The molecule has 0 radical (unpaired) electrons. The van der Waals surface area contributed by atoms with Crippen molar-refractivity contribution in [2.24, 2.45) is 0 Å². The first kappa shape index (κ1) is 14.5. The second-order valence-corrected chi connectivity index (χ2v) is 5.76. The maximum Gasteiger partial charge on any atom is 0.222 e. The third kappa shape index (κ3) is 3.81. The van der Waals surface area contributed by atoms with Gasteiger partial charge in [-0.1, -0.05) is 12.1 Å². The molecule has 2 N–H and O–H groups in total. The molecule has 0 aliphatic rings. The summed E-state index contributed by atoms with van der Waals surface area (Å²) in [5, 5.41) is 9.71. The van der Waals surface area contributed by atoms with Crippen LogP contribution in [0.25, 0.3) is 11.0 Å². The Balaban J connectivity index is 1.93. The number of hydrogen-bond donors (Lipinski definition) is 2. The maximum atomic E-state index is 12.0. The number of benzene rings is 1. The number of aromatic nitrogens is 2. The number of nitrogens with one attached hydrogen (secondary N) is 1. The molecule has 0 aliphatic heterocycles. The van der Waals surface area contributed by atoms with E-state index in [1.165, 1.54) is 0 Å². The number of fused-ring (bicyclic) bond motifs is 1. The van der Waals surface area contributed by atoms with Gasteiger partial charge >= 0.3 is 0 Å². The zero-order valence-electron chi connectivity index (χ0n) is 12.2. The standard InChI is InChI=1S/C15H21N3O2/c1-15(2,20)10-18(3)14(19)9-8-13-16-11-6-4-5-7-12(11)17-13/h4-7,20H,8-10H2,1-3H3,(H,16,17). The predicted molar refractivity (Wildman–Crippen MR) is 78.3 cm³/mol. The molecular weight excluding hydrogens is 254 g/mol. The lowest BCUT2D eigenvalue weighted by atomic mass is 10.1. The van der Waals surface area contributed by atoms with E-state index in [0.29, 0.717) is 19.4 Å². The molecule has 0 saturated carbocycles. The van der Waals surface area contributed by atoms with Crippen LogP contribution in [0.4, 0.5) is 0 Å². The van der Waals surface area contributed by atoms with Crippen molar-refractivity contribution in [3.8, 4) is 0 Å². The topological polar surface area (TPSA) is 69.2 Å². The van der Waals surface area contributed by atoms with E-state index in [1.54, 1.807) is 25.8 Å². The number of aromatic amines is 1. The molecule has 0 fully saturated rings. The normalized spacial score (nSPS) is 11.8. The Bertz CT molecular complexity index is 565. The lowest BCUT2D eigenvalue weighted by molar-refractivity contribution is -0.132. The fraction of sp³-hybridized carbons (Fsp3) is 0.467.